The summed E-state index contributed by atoms with van der Waals surface area (Å²) in [7, 11) is 0. The average Bonchev–Trinajstić information content (AvgIpc) is 3.46. The van der Waals surface area contributed by atoms with Crippen molar-refractivity contribution in [1.29, 1.82) is 0 Å². The van der Waals surface area contributed by atoms with E-state index in [9.17, 15) is 4.79 Å². The van der Waals surface area contributed by atoms with Gasteiger partial charge in [-0.15, -0.1) is 0 Å². The fourth-order valence-corrected chi connectivity index (χ4v) is 3.75. The topological polar surface area (TPSA) is 107 Å². The van der Waals surface area contributed by atoms with E-state index < -0.39 is 0 Å². The molecule has 1 atom stereocenters. The Morgan fingerprint density at radius 2 is 2.09 bits per heavy atom. The summed E-state index contributed by atoms with van der Waals surface area (Å²) >= 11 is 0. The minimum Gasteiger partial charge on any atom is -0.439 e. The lowest BCUT2D eigenvalue weighted by atomic mass is 9.93. The minimum atomic E-state index is -0.323. The van der Waals surface area contributed by atoms with E-state index in [1.807, 2.05) is 45.0 Å². The third kappa shape index (κ3) is 3.60. The second-order valence-electron chi connectivity index (χ2n) is 8.91. The fourth-order valence-electron chi connectivity index (χ4n) is 3.75. The van der Waals surface area contributed by atoms with E-state index in [2.05, 4.69) is 32.7 Å². The maximum atomic E-state index is 12.8. The highest BCUT2D eigenvalue weighted by Crippen LogP contribution is 2.34. The Hall–Kier alpha value is -3.72. The van der Waals surface area contributed by atoms with Gasteiger partial charge in [-0.1, -0.05) is 25.9 Å². The third-order valence-electron chi connectivity index (χ3n) is 5.52. The molecule has 164 valence electrons. The molecule has 3 aromatic heterocycles. The van der Waals surface area contributed by atoms with E-state index in [-0.39, 0.29) is 17.5 Å². The van der Waals surface area contributed by atoms with Crippen LogP contribution in [0, 0.1) is 0 Å². The zero-order chi connectivity index (χ0) is 22.5. The maximum Gasteiger partial charge on any atom is 0.331 e. The van der Waals surface area contributed by atoms with Crippen LogP contribution in [0.4, 0.5) is 10.6 Å². The lowest BCUT2D eigenvalue weighted by Crippen LogP contribution is -2.18. The van der Waals surface area contributed by atoms with E-state index in [0.29, 0.717) is 29.8 Å². The molecule has 0 radical (unpaired) electrons. The molecule has 9 heteroatoms. The Bertz CT molecular complexity index is 1320. The van der Waals surface area contributed by atoms with E-state index in [1.165, 1.54) is 10.9 Å². The Balaban J connectivity index is 1.37. The highest BCUT2D eigenvalue weighted by molar-refractivity contribution is 5.98. The van der Waals surface area contributed by atoms with Gasteiger partial charge in [0.05, 0.1) is 16.8 Å². The highest BCUT2D eigenvalue weighted by atomic mass is 16.5. The summed E-state index contributed by atoms with van der Waals surface area (Å²) < 4.78 is 12.9. The van der Waals surface area contributed by atoms with Crippen molar-refractivity contribution in [3.63, 3.8) is 0 Å². The smallest absolute Gasteiger partial charge is 0.331 e. The first-order chi connectivity index (χ1) is 15.3. The Morgan fingerprint density at radius 3 is 2.88 bits per heavy atom. The molecule has 9 nitrogen and oxygen atoms in total. The maximum absolute atomic E-state index is 12.8. The van der Waals surface area contributed by atoms with Crippen LogP contribution in [0.2, 0.25) is 0 Å². The number of hydrogen-bond donors (Lipinski definition) is 2. The summed E-state index contributed by atoms with van der Waals surface area (Å²) in [6.07, 6.45) is 3.23. The number of hydrogen-bond acceptors (Lipinski definition) is 7. The van der Waals surface area contributed by atoms with Crippen LogP contribution < -0.4 is 15.4 Å². The van der Waals surface area contributed by atoms with Gasteiger partial charge in [-0.3, -0.25) is 9.88 Å². The molecular weight excluding hydrogens is 408 g/mol. The summed E-state index contributed by atoms with van der Waals surface area (Å²) in [5.41, 5.74) is 2.49. The van der Waals surface area contributed by atoms with E-state index in [4.69, 9.17) is 9.26 Å². The van der Waals surface area contributed by atoms with Crippen LogP contribution in [0.25, 0.3) is 10.9 Å². The molecule has 4 aromatic rings. The quantitative estimate of drug-likeness (QED) is 0.481. The van der Waals surface area contributed by atoms with Gasteiger partial charge in [0.15, 0.2) is 5.82 Å². The molecule has 0 bridgehead atoms. The number of aromatic nitrogens is 4. The van der Waals surface area contributed by atoms with Gasteiger partial charge in [0.2, 0.25) is 5.88 Å². The van der Waals surface area contributed by atoms with Gasteiger partial charge in [0, 0.05) is 35.7 Å². The highest BCUT2D eigenvalue weighted by Gasteiger charge is 2.25. The molecule has 0 aliphatic carbocycles. The van der Waals surface area contributed by atoms with E-state index >= 15 is 0 Å². The first kappa shape index (κ1) is 20.2. The van der Waals surface area contributed by atoms with Crippen molar-refractivity contribution >= 4 is 22.8 Å². The molecule has 0 spiro atoms. The monoisotopic (exact) mass is 432 g/mol. The number of nitrogens with zero attached hydrogens (tertiary/aromatic N) is 4. The number of anilines is 1. The second kappa shape index (κ2) is 7.45. The Kier molecular flexibility index (Phi) is 4.70. The van der Waals surface area contributed by atoms with E-state index in [0.717, 1.165) is 22.2 Å². The SMILES string of the molecule is CC1NCc2ncnc(Oc3ccc4c(ccn4C(=O)Nc4cc(C(C)(C)C)on4)c3)c21. The number of carbonyl (C=O) groups excluding carboxylic acids is 1. The molecular formula is C23H24N6O3. The number of rotatable bonds is 3. The molecule has 0 saturated carbocycles. The number of amides is 1. The van der Waals surface area contributed by atoms with Crippen LogP contribution in [0.5, 0.6) is 11.6 Å². The zero-order valence-corrected chi connectivity index (χ0v) is 18.3. The van der Waals surface area contributed by atoms with Crippen LogP contribution in [0.3, 0.4) is 0 Å². The third-order valence-corrected chi connectivity index (χ3v) is 5.52. The number of ether oxygens (including phenoxy) is 1. The molecule has 1 amide bonds. The Labute approximate surface area is 184 Å². The summed E-state index contributed by atoms with van der Waals surface area (Å²) in [5.74, 6) is 2.27. The largest absolute Gasteiger partial charge is 0.439 e. The van der Waals surface area contributed by atoms with Crippen LogP contribution in [-0.2, 0) is 12.0 Å². The van der Waals surface area contributed by atoms with Gasteiger partial charge < -0.3 is 14.6 Å². The molecule has 2 N–H and O–H groups in total. The predicted molar refractivity (Wildman–Crippen MR) is 119 cm³/mol. The predicted octanol–water partition coefficient (Wildman–Crippen LogP) is 4.75. The van der Waals surface area contributed by atoms with Crippen LogP contribution >= 0.6 is 0 Å². The normalized spacial score (nSPS) is 15.7. The first-order valence-corrected chi connectivity index (χ1v) is 10.4. The molecule has 1 aliphatic rings. The van der Waals surface area contributed by atoms with Crippen molar-refractivity contribution in [2.45, 2.75) is 45.7 Å². The average molecular weight is 432 g/mol. The molecule has 1 aromatic carbocycles. The van der Waals surface area contributed by atoms with Gasteiger partial charge in [-0.05, 0) is 31.2 Å². The van der Waals surface area contributed by atoms with Crippen LogP contribution in [0.15, 0.2) is 47.4 Å². The van der Waals surface area contributed by atoms with Gasteiger partial charge in [0.25, 0.3) is 0 Å². The standard InChI is InChI=1S/C23H24N6O3/c1-13-20-16(11-24-13)25-12-26-21(20)31-15-5-6-17-14(9-15)7-8-29(17)22(30)27-19-10-18(32-28-19)23(2,3)4/h5-10,12-13,24H,11H2,1-4H3,(H,27,28,30). The fraction of sp³-hybridized carbons (Fsp3) is 0.304. The van der Waals surface area contributed by atoms with E-state index in [1.54, 1.807) is 12.3 Å². The lowest BCUT2D eigenvalue weighted by Gasteiger charge is -2.12. The van der Waals surface area contributed by atoms with Crippen LogP contribution in [0.1, 0.15) is 50.8 Å². The summed E-state index contributed by atoms with van der Waals surface area (Å²) in [6, 6.07) is 8.96. The number of fused-ring (bicyclic) bond motifs is 2. The van der Waals surface area contributed by atoms with Gasteiger partial charge in [0.1, 0.15) is 17.8 Å². The number of nitrogens with one attached hydrogen (secondary N) is 2. The number of benzene rings is 1. The Morgan fingerprint density at radius 1 is 1.25 bits per heavy atom. The second-order valence-corrected chi connectivity index (χ2v) is 8.91. The number of carbonyl (C=O) groups is 1. The van der Waals surface area contributed by atoms with Crippen molar-refractivity contribution in [3.8, 4) is 11.6 Å². The molecule has 1 unspecified atom stereocenters. The van der Waals surface area contributed by atoms with Crippen molar-refractivity contribution in [2.24, 2.45) is 0 Å². The minimum absolute atomic E-state index is 0.130. The van der Waals surface area contributed by atoms with Crippen molar-refractivity contribution < 1.29 is 14.1 Å². The van der Waals surface area contributed by atoms with Gasteiger partial charge in [-0.2, -0.15) is 0 Å². The molecule has 4 heterocycles. The van der Waals surface area contributed by atoms with Crippen molar-refractivity contribution in [2.75, 3.05) is 5.32 Å². The van der Waals surface area contributed by atoms with Crippen molar-refractivity contribution in [3.05, 3.63) is 59.9 Å². The summed E-state index contributed by atoms with van der Waals surface area (Å²) in [4.78, 5) is 21.4. The van der Waals surface area contributed by atoms with Gasteiger partial charge in [-0.25, -0.2) is 14.8 Å². The lowest BCUT2D eigenvalue weighted by molar-refractivity contribution is 0.254. The molecule has 0 saturated heterocycles. The van der Waals surface area contributed by atoms with Crippen molar-refractivity contribution in [1.82, 2.24) is 25.0 Å². The molecule has 32 heavy (non-hydrogen) atoms. The first-order valence-electron chi connectivity index (χ1n) is 10.4. The van der Waals surface area contributed by atoms with Gasteiger partial charge >= 0.3 is 6.03 Å². The summed E-state index contributed by atoms with van der Waals surface area (Å²) in [6.45, 7) is 8.82. The molecule has 1 aliphatic heterocycles. The molecule has 0 fully saturated rings. The van der Waals surface area contributed by atoms with Crippen LogP contribution in [-0.4, -0.2) is 25.7 Å². The summed E-state index contributed by atoms with van der Waals surface area (Å²) in [5, 5.41) is 10.9. The molecule has 5 rings (SSSR count). The zero-order valence-electron chi connectivity index (χ0n) is 18.3.